The summed E-state index contributed by atoms with van der Waals surface area (Å²) in [5.41, 5.74) is 2.85. The van der Waals surface area contributed by atoms with Gasteiger partial charge in [0.05, 0.1) is 5.51 Å². The van der Waals surface area contributed by atoms with Crippen LogP contribution in [0.5, 0.6) is 0 Å². The molecule has 0 aromatic carbocycles. The Labute approximate surface area is 123 Å². The number of amides is 1. The lowest BCUT2D eigenvalue weighted by Crippen LogP contribution is -2.35. The van der Waals surface area contributed by atoms with Crippen molar-refractivity contribution in [2.75, 3.05) is 13.1 Å². The number of carbonyl (C=O) groups is 1. The van der Waals surface area contributed by atoms with Crippen LogP contribution < -0.4 is 0 Å². The third-order valence-corrected chi connectivity index (χ3v) is 4.64. The Morgan fingerprint density at radius 1 is 1.45 bits per heavy atom. The maximum absolute atomic E-state index is 12.1. The minimum absolute atomic E-state index is 0.181. The molecule has 1 fully saturated rings. The number of allylic oxidation sites excluding steroid dienone is 1. The number of ether oxygens (including phenoxy) is 1. The van der Waals surface area contributed by atoms with Gasteiger partial charge in [-0.05, 0) is 44.6 Å². The highest BCUT2D eigenvalue weighted by Crippen LogP contribution is 2.42. The van der Waals surface area contributed by atoms with Crippen molar-refractivity contribution >= 4 is 23.0 Å². The molecule has 0 spiro atoms. The second-order valence-electron chi connectivity index (χ2n) is 6.57. The van der Waals surface area contributed by atoms with E-state index in [2.05, 4.69) is 11.1 Å². The fourth-order valence-electron chi connectivity index (χ4n) is 2.94. The number of rotatable bonds is 1. The van der Waals surface area contributed by atoms with Gasteiger partial charge < -0.3 is 9.64 Å². The minimum atomic E-state index is -0.418. The van der Waals surface area contributed by atoms with Crippen molar-refractivity contribution in [1.82, 2.24) is 9.88 Å². The first-order chi connectivity index (χ1) is 9.42. The summed E-state index contributed by atoms with van der Waals surface area (Å²) >= 11 is 1.69. The van der Waals surface area contributed by atoms with Gasteiger partial charge in [0, 0.05) is 24.2 Å². The molecule has 1 amide bonds. The Morgan fingerprint density at radius 3 is 2.85 bits per heavy atom. The highest BCUT2D eigenvalue weighted by atomic mass is 32.1. The van der Waals surface area contributed by atoms with Gasteiger partial charge in [-0.15, -0.1) is 11.3 Å². The summed E-state index contributed by atoms with van der Waals surface area (Å²) in [6.45, 7) is 7.30. The van der Waals surface area contributed by atoms with E-state index >= 15 is 0 Å². The third-order valence-electron chi connectivity index (χ3n) is 3.79. The van der Waals surface area contributed by atoms with E-state index < -0.39 is 5.60 Å². The lowest BCUT2D eigenvalue weighted by molar-refractivity contribution is 0.0285. The molecule has 2 unspecified atom stereocenters. The summed E-state index contributed by atoms with van der Waals surface area (Å²) in [7, 11) is 0. The van der Waals surface area contributed by atoms with Gasteiger partial charge in [0.1, 0.15) is 5.60 Å². The fourth-order valence-corrected chi connectivity index (χ4v) is 3.60. The van der Waals surface area contributed by atoms with Crippen LogP contribution in [0, 0.1) is 11.8 Å². The predicted molar refractivity (Wildman–Crippen MR) is 79.5 cm³/mol. The van der Waals surface area contributed by atoms with Gasteiger partial charge in [0.2, 0.25) is 0 Å². The lowest BCUT2D eigenvalue weighted by atomic mass is 10.00. The van der Waals surface area contributed by atoms with E-state index in [-0.39, 0.29) is 6.09 Å². The van der Waals surface area contributed by atoms with E-state index in [9.17, 15) is 4.79 Å². The van der Waals surface area contributed by atoms with Crippen LogP contribution in [0.2, 0.25) is 0 Å². The zero-order valence-corrected chi connectivity index (χ0v) is 12.9. The molecule has 2 aliphatic rings. The molecule has 0 bridgehead atoms. The molecule has 20 heavy (non-hydrogen) atoms. The normalized spacial score (nSPS) is 25.6. The van der Waals surface area contributed by atoms with Crippen molar-refractivity contribution in [1.29, 1.82) is 0 Å². The van der Waals surface area contributed by atoms with Crippen LogP contribution in [-0.4, -0.2) is 34.7 Å². The van der Waals surface area contributed by atoms with Gasteiger partial charge in [-0.3, -0.25) is 4.98 Å². The zero-order valence-electron chi connectivity index (χ0n) is 12.1. The molecule has 0 N–H and O–H groups in total. The third kappa shape index (κ3) is 2.73. The minimum Gasteiger partial charge on any atom is -0.444 e. The maximum Gasteiger partial charge on any atom is 0.410 e. The Morgan fingerprint density at radius 2 is 2.25 bits per heavy atom. The molecule has 3 rings (SSSR count). The average Bonchev–Trinajstić information content (AvgIpc) is 3.01. The molecule has 1 aliphatic carbocycles. The number of nitrogens with zero attached hydrogens (tertiary/aromatic N) is 2. The van der Waals surface area contributed by atoms with Crippen molar-refractivity contribution in [2.45, 2.75) is 32.8 Å². The number of hydrogen-bond acceptors (Lipinski definition) is 4. The van der Waals surface area contributed by atoms with Gasteiger partial charge in [0.15, 0.2) is 0 Å². The number of thiazole rings is 1. The van der Waals surface area contributed by atoms with Crippen LogP contribution in [0.4, 0.5) is 4.79 Å². The van der Waals surface area contributed by atoms with Crippen LogP contribution in [0.1, 0.15) is 32.1 Å². The molecule has 1 aromatic rings. The van der Waals surface area contributed by atoms with Crippen LogP contribution in [-0.2, 0) is 4.74 Å². The van der Waals surface area contributed by atoms with E-state index in [0.29, 0.717) is 11.8 Å². The molecular weight excluding hydrogens is 272 g/mol. The van der Waals surface area contributed by atoms with Crippen LogP contribution >= 0.6 is 11.3 Å². The first kappa shape index (κ1) is 13.6. The SMILES string of the molecule is CC(C)(C)OC(=O)N1CC2C=C(c3cncs3)CC2C1. The summed E-state index contributed by atoms with van der Waals surface area (Å²) in [6.07, 6.45) is 5.12. The second-order valence-corrected chi connectivity index (χ2v) is 7.46. The van der Waals surface area contributed by atoms with Crippen molar-refractivity contribution in [3.63, 3.8) is 0 Å². The quantitative estimate of drug-likeness (QED) is 0.796. The summed E-state index contributed by atoms with van der Waals surface area (Å²) in [5.74, 6) is 1.01. The Balaban J connectivity index is 1.64. The molecule has 2 heterocycles. The summed E-state index contributed by atoms with van der Waals surface area (Å²) in [5, 5.41) is 0. The monoisotopic (exact) mass is 292 g/mol. The van der Waals surface area contributed by atoms with Gasteiger partial charge in [-0.1, -0.05) is 6.08 Å². The molecule has 1 aromatic heterocycles. The number of hydrogen-bond donors (Lipinski definition) is 0. The largest absolute Gasteiger partial charge is 0.444 e. The van der Waals surface area contributed by atoms with Crippen molar-refractivity contribution in [2.24, 2.45) is 11.8 Å². The number of likely N-dealkylation sites (tertiary alicyclic amines) is 1. The topological polar surface area (TPSA) is 42.4 Å². The Hall–Kier alpha value is -1.36. The first-order valence-electron chi connectivity index (χ1n) is 7.00. The molecule has 0 radical (unpaired) electrons. The summed E-state index contributed by atoms with van der Waals surface area (Å²) < 4.78 is 5.44. The smallest absolute Gasteiger partial charge is 0.410 e. The molecule has 4 nitrogen and oxygen atoms in total. The number of fused-ring (bicyclic) bond motifs is 1. The first-order valence-corrected chi connectivity index (χ1v) is 7.88. The second kappa shape index (κ2) is 4.88. The van der Waals surface area contributed by atoms with E-state index in [1.54, 1.807) is 11.3 Å². The van der Waals surface area contributed by atoms with Gasteiger partial charge in [0.25, 0.3) is 0 Å². The van der Waals surface area contributed by atoms with Crippen molar-refractivity contribution in [3.05, 3.63) is 22.7 Å². The van der Waals surface area contributed by atoms with Crippen LogP contribution in [0.25, 0.3) is 5.57 Å². The lowest BCUT2D eigenvalue weighted by Gasteiger charge is -2.24. The molecule has 2 atom stereocenters. The van der Waals surface area contributed by atoms with E-state index in [0.717, 1.165) is 19.5 Å². The van der Waals surface area contributed by atoms with Gasteiger partial charge in [-0.25, -0.2) is 4.79 Å². The Kier molecular flexibility index (Phi) is 3.32. The summed E-state index contributed by atoms with van der Waals surface area (Å²) in [6, 6.07) is 0. The van der Waals surface area contributed by atoms with E-state index in [1.807, 2.05) is 37.4 Å². The van der Waals surface area contributed by atoms with Crippen molar-refractivity contribution < 1.29 is 9.53 Å². The van der Waals surface area contributed by atoms with Gasteiger partial charge >= 0.3 is 6.09 Å². The molecule has 5 heteroatoms. The highest BCUT2D eigenvalue weighted by Gasteiger charge is 2.39. The van der Waals surface area contributed by atoms with E-state index in [4.69, 9.17) is 4.74 Å². The zero-order chi connectivity index (χ0) is 14.3. The molecule has 1 aliphatic heterocycles. The van der Waals surface area contributed by atoms with Crippen molar-refractivity contribution in [3.8, 4) is 0 Å². The maximum atomic E-state index is 12.1. The summed E-state index contributed by atoms with van der Waals surface area (Å²) in [4.78, 5) is 19.3. The Bertz CT molecular complexity index is 531. The van der Waals surface area contributed by atoms with Crippen LogP contribution in [0.3, 0.4) is 0 Å². The average molecular weight is 292 g/mol. The van der Waals surface area contributed by atoms with E-state index in [1.165, 1.54) is 10.5 Å². The van der Waals surface area contributed by atoms with Gasteiger partial charge in [-0.2, -0.15) is 0 Å². The molecule has 108 valence electrons. The number of carbonyl (C=O) groups excluding carboxylic acids is 1. The fraction of sp³-hybridized carbons (Fsp3) is 0.600. The van der Waals surface area contributed by atoms with Crippen LogP contribution in [0.15, 0.2) is 17.8 Å². The molecule has 0 saturated carbocycles. The molecular formula is C15H20N2O2S. The number of aromatic nitrogens is 1. The standard InChI is InChI=1S/C15H20N2O2S/c1-15(2,3)19-14(18)17-7-11-4-10(5-12(11)8-17)13-6-16-9-20-13/h4,6,9,11-12H,5,7-8H2,1-3H3. The highest BCUT2D eigenvalue weighted by molar-refractivity contribution is 7.10. The molecule has 1 saturated heterocycles. The predicted octanol–water partition coefficient (Wildman–Crippen LogP) is 3.41.